The third kappa shape index (κ3) is 4.86. The molecular formula is C16H31NO2Si. The second kappa shape index (κ2) is 7.17. The highest BCUT2D eigenvalue weighted by atomic mass is 28.3. The average Bonchev–Trinajstić information content (AvgIpc) is 2.20. The maximum absolute atomic E-state index is 10.9. The van der Waals surface area contributed by atoms with E-state index in [9.17, 15) is 4.79 Å². The van der Waals surface area contributed by atoms with Crippen LogP contribution in [-0.2, 0) is 4.74 Å². The Balaban J connectivity index is 5.22. The van der Waals surface area contributed by atoms with Crippen LogP contribution in [0.1, 0.15) is 61.8 Å². The number of ether oxygens (including phenoxy) is 1. The third-order valence-corrected chi connectivity index (χ3v) is 10.4. The summed E-state index contributed by atoms with van der Waals surface area (Å²) in [6.07, 6.45) is -0.214. The number of rotatable bonds is 5. The first-order chi connectivity index (χ1) is 8.95. The van der Waals surface area contributed by atoms with Gasteiger partial charge in [0.1, 0.15) is 13.7 Å². The third-order valence-electron chi connectivity index (χ3n) is 4.06. The molecule has 2 N–H and O–H groups in total. The van der Waals surface area contributed by atoms with Gasteiger partial charge in [-0.25, -0.2) is 4.79 Å². The largest absolute Gasteiger partial charge is 0.443 e. The normalized spacial score (nSPS) is 12.6. The Morgan fingerprint density at radius 2 is 1.50 bits per heavy atom. The predicted molar refractivity (Wildman–Crippen MR) is 88.2 cm³/mol. The van der Waals surface area contributed by atoms with E-state index in [1.54, 1.807) is 0 Å². The van der Waals surface area contributed by atoms with Gasteiger partial charge < -0.3 is 10.5 Å². The summed E-state index contributed by atoms with van der Waals surface area (Å²) in [4.78, 5) is 10.9. The van der Waals surface area contributed by atoms with Crippen molar-refractivity contribution in [2.45, 2.75) is 84.0 Å². The molecule has 4 heteroatoms. The fourth-order valence-electron chi connectivity index (χ4n) is 3.15. The molecule has 0 aliphatic carbocycles. The van der Waals surface area contributed by atoms with E-state index in [-0.39, 0.29) is 0 Å². The number of hydrogen-bond acceptors (Lipinski definition) is 2. The van der Waals surface area contributed by atoms with Gasteiger partial charge in [-0.1, -0.05) is 41.5 Å². The molecule has 20 heavy (non-hydrogen) atoms. The smallest absolute Gasteiger partial charge is 0.405 e. The van der Waals surface area contributed by atoms with Crippen molar-refractivity contribution in [3.05, 3.63) is 0 Å². The van der Waals surface area contributed by atoms with Crippen molar-refractivity contribution >= 4 is 14.2 Å². The van der Waals surface area contributed by atoms with Gasteiger partial charge in [-0.15, -0.1) is 11.5 Å². The van der Waals surface area contributed by atoms with E-state index >= 15 is 0 Å². The summed E-state index contributed by atoms with van der Waals surface area (Å²) in [5.41, 5.74) is 9.90. The molecule has 1 amide bonds. The van der Waals surface area contributed by atoms with Gasteiger partial charge in [0.2, 0.25) is 0 Å². The van der Waals surface area contributed by atoms with Gasteiger partial charge in [0, 0.05) is 6.42 Å². The minimum atomic E-state index is -1.70. The van der Waals surface area contributed by atoms with Crippen molar-refractivity contribution in [2.75, 3.05) is 0 Å². The van der Waals surface area contributed by atoms with Crippen LogP contribution in [0.15, 0.2) is 0 Å². The lowest BCUT2D eigenvalue weighted by atomic mass is 10.1. The van der Waals surface area contributed by atoms with Crippen LogP contribution in [0.4, 0.5) is 4.79 Å². The van der Waals surface area contributed by atoms with E-state index < -0.39 is 19.8 Å². The molecule has 0 radical (unpaired) electrons. The first-order valence-corrected chi connectivity index (χ1v) is 9.67. The summed E-state index contributed by atoms with van der Waals surface area (Å²) in [6, 6.07) is 0. The Kier molecular flexibility index (Phi) is 6.83. The zero-order chi connectivity index (χ0) is 16.1. The van der Waals surface area contributed by atoms with Crippen LogP contribution < -0.4 is 5.73 Å². The van der Waals surface area contributed by atoms with Crippen molar-refractivity contribution in [3.8, 4) is 11.5 Å². The van der Waals surface area contributed by atoms with Crippen molar-refractivity contribution in [1.82, 2.24) is 0 Å². The van der Waals surface area contributed by atoms with Crippen molar-refractivity contribution in [1.29, 1.82) is 0 Å². The predicted octanol–water partition coefficient (Wildman–Crippen LogP) is 4.47. The molecule has 0 spiro atoms. The fraction of sp³-hybridized carbons (Fsp3) is 0.812. The molecule has 0 unspecified atom stereocenters. The minimum Gasteiger partial charge on any atom is -0.443 e. The van der Waals surface area contributed by atoms with E-state index in [0.29, 0.717) is 23.0 Å². The van der Waals surface area contributed by atoms with E-state index in [1.807, 2.05) is 13.8 Å². The Bertz CT molecular complexity index is 367. The Labute approximate surface area is 125 Å². The van der Waals surface area contributed by atoms with Crippen molar-refractivity contribution in [3.63, 3.8) is 0 Å². The topological polar surface area (TPSA) is 52.3 Å². The van der Waals surface area contributed by atoms with Gasteiger partial charge in [-0.2, -0.15) is 0 Å². The molecule has 0 saturated heterocycles. The van der Waals surface area contributed by atoms with Gasteiger partial charge >= 0.3 is 6.09 Å². The van der Waals surface area contributed by atoms with E-state index in [1.165, 1.54) is 0 Å². The highest BCUT2D eigenvalue weighted by molar-refractivity contribution is 6.90. The molecule has 0 heterocycles. The van der Waals surface area contributed by atoms with Gasteiger partial charge in [0.25, 0.3) is 0 Å². The molecule has 116 valence electrons. The molecule has 0 rings (SSSR count). The first kappa shape index (κ1) is 19.0. The van der Waals surface area contributed by atoms with E-state index in [2.05, 4.69) is 53.0 Å². The summed E-state index contributed by atoms with van der Waals surface area (Å²) in [5.74, 6) is 3.29. The van der Waals surface area contributed by atoms with Crippen LogP contribution in [0.25, 0.3) is 0 Å². The lowest BCUT2D eigenvalue weighted by Gasteiger charge is -2.38. The molecular weight excluding hydrogens is 266 g/mol. The van der Waals surface area contributed by atoms with Crippen LogP contribution >= 0.6 is 0 Å². The van der Waals surface area contributed by atoms with Crippen LogP contribution in [0.3, 0.4) is 0 Å². The molecule has 0 saturated carbocycles. The molecule has 0 aliphatic rings. The summed E-state index contributed by atoms with van der Waals surface area (Å²) < 4.78 is 5.09. The number of carbonyl (C=O) groups is 1. The van der Waals surface area contributed by atoms with Crippen LogP contribution in [-0.4, -0.2) is 19.8 Å². The first-order valence-electron chi connectivity index (χ1n) is 7.44. The highest BCUT2D eigenvalue weighted by Crippen LogP contribution is 2.40. The summed E-state index contributed by atoms with van der Waals surface area (Å²) in [5, 5.41) is 0. The second-order valence-electron chi connectivity index (χ2n) is 7.06. The number of carbonyl (C=O) groups excluding carboxylic acids is 1. The number of hydrogen-bond donors (Lipinski definition) is 1. The van der Waals surface area contributed by atoms with Gasteiger partial charge in [0.05, 0.1) is 0 Å². The van der Waals surface area contributed by atoms with Crippen LogP contribution in [0.2, 0.25) is 16.6 Å². The zero-order valence-electron chi connectivity index (χ0n) is 14.3. The lowest BCUT2D eigenvalue weighted by Crippen LogP contribution is -2.43. The lowest BCUT2D eigenvalue weighted by molar-refractivity contribution is 0.0496. The van der Waals surface area contributed by atoms with Crippen molar-refractivity contribution in [2.24, 2.45) is 5.73 Å². The Morgan fingerprint density at radius 1 is 1.10 bits per heavy atom. The monoisotopic (exact) mass is 297 g/mol. The maximum Gasteiger partial charge on any atom is 0.405 e. The summed E-state index contributed by atoms with van der Waals surface area (Å²) in [6.45, 7) is 17.4. The molecule has 0 aromatic heterocycles. The second-order valence-corrected chi connectivity index (χ2v) is 12.6. The summed E-state index contributed by atoms with van der Waals surface area (Å²) in [7, 11) is -1.70. The Hall–Kier alpha value is -0.953. The van der Waals surface area contributed by atoms with E-state index in [0.717, 1.165) is 0 Å². The SMILES string of the molecule is CC(C)[Si](C#CCC(C)(C)OC(N)=O)(C(C)C)C(C)C. The fourth-order valence-corrected chi connectivity index (χ4v) is 8.41. The number of primary amides is 1. The molecule has 0 bridgehead atoms. The molecule has 0 fully saturated rings. The zero-order valence-corrected chi connectivity index (χ0v) is 15.3. The number of amides is 1. The van der Waals surface area contributed by atoms with Gasteiger partial charge in [-0.3, -0.25) is 0 Å². The summed E-state index contributed by atoms with van der Waals surface area (Å²) >= 11 is 0. The number of nitrogens with two attached hydrogens (primary N) is 1. The standard InChI is InChI=1S/C16H31NO2Si/c1-12(2)20(13(3)4,14(5)6)11-9-10-16(7,8)19-15(17)18/h12-14H,10H2,1-8H3,(H2,17,18). The van der Waals surface area contributed by atoms with E-state index in [4.69, 9.17) is 10.5 Å². The van der Waals surface area contributed by atoms with Crippen molar-refractivity contribution < 1.29 is 9.53 Å². The quantitative estimate of drug-likeness (QED) is 0.601. The van der Waals surface area contributed by atoms with Gasteiger partial charge in [-0.05, 0) is 30.5 Å². The molecule has 0 atom stereocenters. The van der Waals surface area contributed by atoms with Crippen LogP contribution in [0, 0.1) is 11.5 Å². The maximum atomic E-state index is 10.9. The molecule has 3 nitrogen and oxygen atoms in total. The highest BCUT2D eigenvalue weighted by Gasteiger charge is 2.41. The molecule has 0 aromatic carbocycles. The molecule has 0 aliphatic heterocycles. The van der Waals surface area contributed by atoms with Crippen LogP contribution in [0.5, 0.6) is 0 Å². The van der Waals surface area contributed by atoms with Gasteiger partial charge in [0.15, 0.2) is 0 Å². The average molecular weight is 298 g/mol. The Morgan fingerprint density at radius 3 is 1.80 bits per heavy atom. The molecule has 0 aromatic rings. The minimum absolute atomic E-state index is 0.525.